The summed E-state index contributed by atoms with van der Waals surface area (Å²) in [6, 6.07) is 12.3. The lowest BCUT2D eigenvalue weighted by molar-refractivity contribution is 0.0602. The summed E-state index contributed by atoms with van der Waals surface area (Å²) in [5.41, 5.74) is 1.09. The lowest BCUT2D eigenvalue weighted by atomic mass is 10.1. The number of hydrogen-bond acceptors (Lipinski definition) is 6. The zero-order valence-corrected chi connectivity index (χ0v) is 14.3. The monoisotopic (exact) mass is 366 g/mol. The van der Waals surface area contributed by atoms with Crippen LogP contribution in [0.3, 0.4) is 0 Å². The van der Waals surface area contributed by atoms with Crippen molar-refractivity contribution in [2.45, 2.75) is 0 Å². The number of rotatable bonds is 5. The van der Waals surface area contributed by atoms with Crippen LogP contribution in [0.4, 0.5) is 21.6 Å². The molecule has 2 aromatic carbocycles. The van der Waals surface area contributed by atoms with Crippen LogP contribution in [-0.2, 0) is 4.74 Å². The van der Waals surface area contributed by atoms with Gasteiger partial charge in [-0.15, -0.1) is 0 Å². The Labute approximate surface area is 154 Å². The second kappa shape index (κ2) is 8.05. The Hall–Kier alpha value is -3.81. The van der Waals surface area contributed by atoms with Crippen LogP contribution in [0.5, 0.6) is 0 Å². The molecule has 8 heteroatoms. The van der Waals surface area contributed by atoms with Crippen molar-refractivity contribution >= 4 is 29.1 Å². The third-order valence-electron chi connectivity index (χ3n) is 3.56. The second-order valence-electron chi connectivity index (χ2n) is 5.41. The van der Waals surface area contributed by atoms with E-state index in [1.165, 1.54) is 31.6 Å². The number of methoxy groups -OCH3 is 1. The van der Waals surface area contributed by atoms with E-state index in [2.05, 4.69) is 20.6 Å². The van der Waals surface area contributed by atoms with Gasteiger partial charge in [0, 0.05) is 5.69 Å². The predicted octanol–water partition coefficient (Wildman–Crippen LogP) is 3.40. The minimum atomic E-state index is -0.563. The van der Waals surface area contributed by atoms with E-state index in [1.807, 2.05) is 0 Å². The standard InChI is InChI=1S/C19H15FN4O3/c1-27-19(26)14-7-2-3-8-15(14)24-18(25)16-10-22-17(11-21-16)23-13-6-4-5-12(20)9-13/h2-11H,1H3,(H,22,23)(H,24,25). The quantitative estimate of drug-likeness (QED) is 0.672. The maximum Gasteiger partial charge on any atom is 0.339 e. The van der Waals surface area contributed by atoms with Gasteiger partial charge in [0.2, 0.25) is 0 Å². The van der Waals surface area contributed by atoms with E-state index in [4.69, 9.17) is 4.74 Å². The maximum absolute atomic E-state index is 13.2. The van der Waals surface area contributed by atoms with Gasteiger partial charge in [0.1, 0.15) is 17.3 Å². The molecule has 3 aromatic rings. The number of benzene rings is 2. The van der Waals surface area contributed by atoms with Crippen LogP contribution < -0.4 is 10.6 Å². The fraction of sp³-hybridized carbons (Fsp3) is 0.0526. The molecule has 0 spiro atoms. The number of para-hydroxylation sites is 1. The number of anilines is 3. The number of esters is 1. The SMILES string of the molecule is COC(=O)c1ccccc1NC(=O)c1cnc(Nc2cccc(F)c2)cn1. The van der Waals surface area contributed by atoms with Crippen LogP contribution in [0.15, 0.2) is 60.9 Å². The van der Waals surface area contributed by atoms with Gasteiger partial charge >= 0.3 is 5.97 Å². The van der Waals surface area contributed by atoms with E-state index < -0.39 is 11.9 Å². The number of nitrogens with one attached hydrogen (secondary N) is 2. The number of nitrogens with zero attached hydrogens (tertiary/aromatic N) is 2. The molecule has 0 bridgehead atoms. The fourth-order valence-corrected chi connectivity index (χ4v) is 2.29. The first-order chi connectivity index (χ1) is 13.1. The summed E-state index contributed by atoms with van der Waals surface area (Å²) in [7, 11) is 1.26. The highest BCUT2D eigenvalue weighted by atomic mass is 19.1. The molecule has 0 aliphatic heterocycles. The summed E-state index contributed by atoms with van der Waals surface area (Å²) >= 11 is 0. The Morgan fingerprint density at radius 2 is 1.85 bits per heavy atom. The lowest BCUT2D eigenvalue weighted by Gasteiger charge is -2.09. The van der Waals surface area contributed by atoms with Crippen molar-refractivity contribution in [3.05, 3.63) is 78.0 Å². The summed E-state index contributed by atoms with van der Waals surface area (Å²) in [6.07, 6.45) is 2.63. The Morgan fingerprint density at radius 3 is 2.56 bits per heavy atom. The zero-order valence-electron chi connectivity index (χ0n) is 14.3. The van der Waals surface area contributed by atoms with E-state index >= 15 is 0 Å². The van der Waals surface area contributed by atoms with Crippen LogP contribution in [0, 0.1) is 5.82 Å². The molecule has 27 heavy (non-hydrogen) atoms. The molecule has 0 unspecified atom stereocenters. The van der Waals surface area contributed by atoms with Crippen molar-refractivity contribution in [2.24, 2.45) is 0 Å². The summed E-state index contributed by atoms with van der Waals surface area (Å²) < 4.78 is 17.9. The lowest BCUT2D eigenvalue weighted by Crippen LogP contribution is -2.17. The van der Waals surface area contributed by atoms with E-state index in [0.29, 0.717) is 17.2 Å². The molecule has 136 valence electrons. The number of ether oxygens (including phenoxy) is 1. The molecule has 2 N–H and O–H groups in total. The highest BCUT2D eigenvalue weighted by molar-refractivity contribution is 6.06. The smallest absolute Gasteiger partial charge is 0.339 e. The number of carbonyl (C=O) groups is 2. The van der Waals surface area contributed by atoms with Crippen LogP contribution >= 0.6 is 0 Å². The molecule has 1 aromatic heterocycles. The van der Waals surface area contributed by atoms with Crippen LogP contribution in [0.25, 0.3) is 0 Å². The van der Waals surface area contributed by atoms with Crippen molar-refractivity contribution in [3.63, 3.8) is 0 Å². The van der Waals surface area contributed by atoms with Crippen LogP contribution in [-0.4, -0.2) is 29.0 Å². The molecule has 1 amide bonds. The number of amides is 1. The molecule has 7 nitrogen and oxygen atoms in total. The maximum atomic E-state index is 13.2. The second-order valence-corrected chi connectivity index (χ2v) is 5.41. The van der Waals surface area contributed by atoms with Gasteiger partial charge in [0.05, 0.1) is 30.8 Å². The van der Waals surface area contributed by atoms with Crippen molar-refractivity contribution in [1.29, 1.82) is 0 Å². The molecular weight excluding hydrogens is 351 g/mol. The van der Waals surface area contributed by atoms with E-state index in [1.54, 1.807) is 36.4 Å². The van der Waals surface area contributed by atoms with Gasteiger partial charge < -0.3 is 15.4 Å². The molecule has 3 rings (SSSR count). The third kappa shape index (κ3) is 4.43. The van der Waals surface area contributed by atoms with Gasteiger partial charge in [0.15, 0.2) is 0 Å². The van der Waals surface area contributed by atoms with Crippen molar-refractivity contribution < 1.29 is 18.7 Å². The Balaban J connectivity index is 1.72. The van der Waals surface area contributed by atoms with Gasteiger partial charge in [-0.05, 0) is 30.3 Å². The first-order valence-corrected chi connectivity index (χ1v) is 7.90. The number of carbonyl (C=O) groups excluding carboxylic acids is 2. The summed E-state index contributed by atoms with van der Waals surface area (Å²) in [6.45, 7) is 0. The normalized spacial score (nSPS) is 10.1. The number of aromatic nitrogens is 2. The van der Waals surface area contributed by atoms with Gasteiger partial charge in [-0.2, -0.15) is 0 Å². The van der Waals surface area contributed by atoms with Crippen LogP contribution in [0.1, 0.15) is 20.8 Å². The number of hydrogen-bond donors (Lipinski definition) is 2. The highest BCUT2D eigenvalue weighted by Gasteiger charge is 2.15. The average Bonchev–Trinajstić information content (AvgIpc) is 2.68. The minimum absolute atomic E-state index is 0.0551. The Bertz CT molecular complexity index is 977. The highest BCUT2D eigenvalue weighted by Crippen LogP contribution is 2.18. The number of halogens is 1. The van der Waals surface area contributed by atoms with Crippen LogP contribution in [0.2, 0.25) is 0 Å². The van der Waals surface area contributed by atoms with Gasteiger partial charge in [0.25, 0.3) is 5.91 Å². The van der Waals surface area contributed by atoms with Gasteiger partial charge in [-0.25, -0.2) is 19.2 Å². The van der Waals surface area contributed by atoms with E-state index in [9.17, 15) is 14.0 Å². The molecular formula is C19H15FN4O3. The molecule has 1 heterocycles. The summed E-state index contributed by atoms with van der Waals surface area (Å²) in [5.74, 6) is -1.12. The predicted molar refractivity (Wildman–Crippen MR) is 97.4 cm³/mol. The Kier molecular flexibility index (Phi) is 5.36. The third-order valence-corrected chi connectivity index (χ3v) is 3.56. The average molecular weight is 366 g/mol. The fourth-order valence-electron chi connectivity index (χ4n) is 2.29. The zero-order chi connectivity index (χ0) is 19.2. The van der Waals surface area contributed by atoms with Crippen molar-refractivity contribution in [3.8, 4) is 0 Å². The van der Waals surface area contributed by atoms with Crippen molar-refractivity contribution in [2.75, 3.05) is 17.7 Å². The molecule has 0 aliphatic carbocycles. The van der Waals surface area contributed by atoms with E-state index in [0.717, 1.165) is 0 Å². The molecule has 0 atom stereocenters. The molecule has 0 saturated heterocycles. The van der Waals surface area contributed by atoms with Crippen molar-refractivity contribution in [1.82, 2.24) is 9.97 Å². The molecule has 0 fully saturated rings. The molecule has 0 aliphatic rings. The van der Waals surface area contributed by atoms with Gasteiger partial charge in [-0.1, -0.05) is 18.2 Å². The molecule has 0 radical (unpaired) electrons. The summed E-state index contributed by atoms with van der Waals surface area (Å²) in [5, 5.41) is 5.49. The first kappa shape index (κ1) is 18.0. The molecule has 0 saturated carbocycles. The minimum Gasteiger partial charge on any atom is -0.465 e. The largest absolute Gasteiger partial charge is 0.465 e. The summed E-state index contributed by atoms with van der Waals surface area (Å²) in [4.78, 5) is 32.2. The Morgan fingerprint density at radius 1 is 1.04 bits per heavy atom. The first-order valence-electron chi connectivity index (χ1n) is 7.90. The van der Waals surface area contributed by atoms with Gasteiger partial charge in [-0.3, -0.25) is 4.79 Å². The van der Waals surface area contributed by atoms with E-state index in [-0.39, 0.29) is 17.1 Å². The topological polar surface area (TPSA) is 93.2 Å².